The molecule has 12 heteroatoms. The number of hydrogen-bond acceptors (Lipinski definition) is 10. The van der Waals surface area contributed by atoms with Crippen LogP contribution in [-0.2, 0) is 6.54 Å². The van der Waals surface area contributed by atoms with Gasteiger partial charge < -0.3 is 19.8 Å². The fourth-order valence-electron chi connectivity index (χ4n) is 4.44. The van der Waals surface area contributed by atoms with Crippen molar-refractivity contribution in [2.24, 2.45) is 0 Å². The van der Waals surface area contributed by atoms with E-state index in [1.54, 1.807) is 12.3 Å². The number of halogens is 2. The third-order valence-corrected chi connectivity index (χ3v) is 6.65. The average Bonchev–Trinajstić information content (AvgIpc) is 2.93. The summed E-state index contributed by atoms with van der Waals surface area (Å²) in [6, 6.07) is 5.25. The summed E-state index contributed by atoms with van der Waals surface area (Å²) in [6.45, 7) is 5.72. The minimum Gasteiger partial charge on any atom is -0.480 e. The lowest BCUT2D eigenvalue weighted by atomic mass is 9.98. The van der Waals surface area contributed by atoms with Gasteiger partial charge in [-0.2, -0.15) is 0 Å². The van der Waals surface area contributed by atoms with E-state index in [0.29, 0.717) is 72.4 Å². The first-order valence-corrected chi connectivity index (χ1v) is 12.5. The van der Waals surface area contributed by atoms with Crippen LogP contribution in [0.4, 0.5) is 14.6 Å². The Morgan fingerprint density at radius 3 is 2.46 bits per heavy atom. The van der Waals surface area contributed by atoms with Gasteiger partial charge in [0, 0.05) is 44.4 Å². The smallest absolute Gasteiger partial charge is 0.232 e. The first-order valence-electron chi connectivity index (χ1n) is 12.5. The molecule has 1 aliphatic heterocycles. The molecule has 0 saturated carbocycles. The molecule has 3 aromatic heterocycles. The van der Waals surface area contributed by atoms with Gasteiger partial charge in [0.25, 0.3) is 0 Å². The van der Waals surface area contributed by atoms with Gasteiger partial charge in [0.2, 0.25) is 5.88 Å². The standard InChI is InChI=1S/C27H29F2N7O3/c1-27(2,38)25(37)20-11-19-21(13-31-20)33-24(22-12-30-14-23(32-22)39-3)26(34-19)36-8-6-35(7-9-36)15-16-4-5-17(28)10-18(16)29/h4-5,10-14,25,37-38H,6-9,15H2,1-3H3. The van der Waals surface area contributed by atoms with Crippen molar-refractivity contribution in [3.63, 3.8) is 0 Å². The second-order valence-corrected chi connectivity index (χ2v) is 10.00. The Morgan fingerprint density at radius 1 is 1.00 bits per heavy atom. The van der Waals surface area contributed by atoms with Gasteiger partial charge >= 0.3 is 0 Å². The normalized spacial score (nSPS) is 15.5. The van der Waals surface area contributed by atoms with Crippen LogP contribution in [0.15, 0.2) is 42.9 Å². The number of nitrogens with zero attached hydrogens (tertiary/aromatic N) is 7. The van der Waals surface area contributed by atoms with Gasteiger partial charge in [-0.3, -0.25) is 14.9 Å². The number of anilines is 1. The molecule has 5 rings (SSSR count). The zero-order valence-corrected chi connectivity index (χ0v) is 21.8. The van der Waals surface area contributed by atoms with Crippen molar-refractivity contribution in [2.45, 2.75) is 32.1 Å². The van der Waals surface area contributed by atoms with Gasteiger partial charge in [0.1, 0.15) is 34.6 Å². The number of ether oxygens (including phenoxy) is 1. The summed E-state index contributed by atoms with van der Waals surface area (Å²) in [4.78, 5) is 26.9. The number of aliphatic hydroxyl groups excluding tert-OH is 1. The zero-order valence-electron chi connectivity index (χ0n) is 21.8. The largest absolute Gasteiger partial charge is 0.480 e. The number of fused-ring (bicyclic) bond motifs is 1. The topological polar surface area (TPSA) is 121 Å². The van der Waals surface area contributed by atoms with Crippen LogP contribution in [0.2, 0.25) is 0 Å². The molecule has 0 spiro atoms. The number of benzene rings is 1. The number of methoxy groups -OCH3 is 1. The van der Waals surface area contributed by atoms with Crippen molar-refractivity contribution in [1.82, 2.24) is 29.8 Å². The van der Waals surface area contributed by atoms with E-state index >= 15 is 0 Å². The van der Waals surface area contributed by atoms with E-state index in [-0.39, 0.29) is 5.69 Å². The van der Waals surface area contributed by atoms with Crippen LogP contribution in [0.3, 0.4) is 0 Å². The molecule has 4 aromatic rings. The molecule has 204 valence electrons. The lowest BCUT2D eigenvalue weighted by Gasteiger charge is -2.36. The van der Waals surface area contributed by atoms with Crippen LogP contribution >= 0.6 is 0 Å². The fraction of sp³-hybridized carbons (Fsp3) is 0.370. The Hall–Kier alpha value is -3.87. The van der Waals surface area contributed by atoms with E-state index in [9.17, 15) is 19.0 Å². The van der Waals surface area contributed by atoms with E-state index < -0.39 is 23.3 Å². The molecule has 39 heavy (non-hydrogen) atoms. The summed E-state index contributed by atoms with van der Waals surface area (Å²) >= 11 is 0. The third-order valence-electron chi connectivity index (χ3n) is 6.65. The van der Waals surface area contributed by atoms with Crippen molar-refractivity contribution in [3.8, 4) is 17.3 Å². The number of rotatable bonds is 7. The molecule has 1 aliphatic rings. The molecule has 0 radical (unpaired) electrons. The lowest BCUT2D eigenvalue weighted by molar-refractivity contribution is -0.0516. The second-order valence-electron chi connectivity index (χ2n) is 10.00. The minimum absolute atomic E-state index is 0.273. The molecule has 0 amide bonds. The van der Waals surface area contributed by atoms with Crippen LogP contribution in [0.25, 0.3) is 22.4 Å². The molecular weight excluding hydrogens is 508 g/mol. The van der Waals surface area contributed by atoms with Crippen molar-refractivity contribution in [3.05, 3.63) is 65.7 Å². The summed E-state index contributed by atoms with van der Waals surface area (Å²) in [5.41, 5.74) is 1.25. The molecular formula is C27H29F2N7O3. The van der Waals surface area contributed by atoms with E-state index in [0.717, 1.165) is 6.07 Å². The van der Waals surface area contributed by atoms with E-state index in [2.05, 4.69) is 24.8 Å². The maximum atomic E-state index is 14.2. The molecule has 1 unspecified atom stereocenters. The summed E-state index contributed by atoms with van der Waals surface area (Å²) in [6.07, 6.45) is 3.36. The zero-order chi connectivity index (χ0) is 27.7. The molecule has 1 saturated heterocycles. The Kier molecular flexibility index (Phi) is 7.34. The highest BCUT2D eigenvalue weighted by Gasteiger charge is 2.29. The van der Waals surface area contributed by atoms with E-state index in [1.807, 2.05) is 0 Å². The van der Waals surface area contributed by atoms with Gasteiger partial charge in [-0.05, 0) is 26.0 Å². The number of pyridine rings is 1. The molecule has 4 heterocycles. The lowest BCUT2D eigenvalue weighted by Crippen LogP contribution is -2.46. The molecule has 2 N–H and O–H groups in total. The summed E-state index contributed by atoms with van der Waals surface area (Å²) in [5, 5.41) is 20.8. The number of aromatic nitrogens is 5. The van der Waals surface area contributed by atoms with Crippen LogP contribution in [-0.4, -0.2) is 78.9 Å². The maximum Gasteiger partial charge on any atom is 0.232 e. The predicted octanol–water partition coefficient (Wildman–Crippen LogP) is 2.90. The van der Waals surface area contributed by atoms with Crippen LogP contribution in [0.5, 0.6) is 5.88 Å². The van der Waals surface area contributed by atoms with Gasteiger partial charge in [0.15, 0.2) is 5.82 Å². The number of aliphatic hydroxyl groups is 2. The highest BCUT2D eigenvalue weighted by atomic mass is 19.1. The predicted molar refractivity (Wildman–Crippen MR) is 140 cm³/mol. The van der Waals surface area contributed by atoms with E-state index in [4.69, 9.17) is 14.7 Å². The van der Waals surface area contributed by atoms with Crippen LogP contribution < -0.4 is 9.64 Å². The van der Waals surface area contributed by atoms with Crippen molar-refractivity contribution in [2.75, 3.05) is 38.2 Å². The molecule has 10 nitrogen and oxygen atoms in total. The summed E-state index contributed by atoms with van der Waals surface area (Å²) in [5.74, 6) is -0.271. The molecule has 1 atom stereocenters. The fourth-order valence-corrected chi connectivity index (χ4v) is 4.44. The monoisotopic (exact) mass is 537 g/mol. The van der Waals surface area contributed by atoms with Gasteiger partial charge in [-0.15, -0.1) is 0 Å². The van der Waals surface area contributed by atoms with Gasteiger partial charge in [0.05, 0.1) is 42.5 Å². The average molecular weight is 538 g/mol. The number of piperazine rings is 1. The Labute approximate surface area is 224 Å². The van der Waals surface area contributed by atoms with Gasteiger partial charge in [-0.25, -0.2) is 23.7 Å². The second kappa shape index (κ2) is 10.7. The van der Waals surface area contributed by atoms with Crippen molar-refractivity contribution in [1.29, 1.82) is 0 Å². The van der Waals surface area contributed by atoms with Crippen LogP contribution in [0.1, 0.15) is 31.2 Å². The quantitative estimate of drug-likeness (QED) is 0.364. The SMILES string of the molecule is COc1cncc(-c2nc3cnc(C(O)C(C)(C)O)cc3nc2N2CCN(Cc3ccc(F)cc3F)CC2)n1. The third kappa shape index (κ3) is 5.77. The molecule has 1 fully saturated rings. The highest BCUT2D eigenvalue weighted by Crippen LogP contribution is 2.32. The summed E-state index contributed by atoms with van der Waals surface area (Å²) < 4.78 is 32.8. The summed E-state index contributed by atoms with van der Waals surface area (Å²) in [7, 11) is 1.50. The maximum absolute atomic E-state index is 14.2. The Bertz CT molecular complexity index is 1490. The first-order chi connectivity index (χ1) is 18.6. The highest BCUT2D eigenvalue weighted by molar-refractivity contribution is 5.82. The molecule has 0 aliphatic carbocycles. The molecule has 1 aromatic carbocycles. The minimum atomic E-state index is -1.40. The van der Waals surface area contributed by atoms with Crippen molar-refractivity contribution >= 4 is 16.9 Å². The van der Waals surface area contributed by atoms with Crippen LogP contribution in [0, 0.1) is 11.6 Å². The molecule has 0 bridgehead atoms. The Balaban J connectivity index is 1.48. The first kappa shape index (κ1) is 26.7. The number of hydrogen-bond donors (Lipinski definition) is 2. The van der Waals surface area contributed by atoms with Crippen molar-refractivity contribution < 1.29 is 23.7 Å². The Morgan fingerprint density at radius 2 is 1.77 bits per heavy atom. The van der Waals surface area contributed by atoms with Gasteiger partial charge in [-0.1, -0.05) is 6.07 Å². The van der Waals surface area contributed by atoms with E-state index in [1.165, 1.54) is 45.5 Å².